The first-order chi connectivity index (χ1) is 8.73. The molecule has 2 atom stereocenters. The van der Waals surface area contributed by atoms with E-state index in [-0.39, 0.29) is 0 Å². The van der Waals surface area contributed by atoms with Crippen molar-refractivity contribution in [2.45, 2.75) is 24.5 Å². The molecule has 0 saturated carbocycles. The summed E-state index contributed by atoms with van der Waals surface area (Å²) in [4.78, 5) is 0. The van der Waals surface area contributed by atoms with Crippen molar-refractivity contribution >= 4 is 0 Å². The third kappa shape index (κ3) is 1.01. The van der Waals surface area contributed by atoms with Gasteiger partial charge in [0.15, 0.2) is 0 Å². The van der Waals surface area contributed by atoms with Crippen LogP contribution in [0.25, 0.3) is 11.1 Å². The second-order valence-electron chi connectivity index (χ2n) is 5.21. The number of aliphatic hydroxyl groups is 2. The molecule has 0 heterocycles. The minimum atomic E-state index is -1.21. The summed E-state index contributed by atoms with van der Waals surface area (Å²) >= 11 is 0. The molecule has 0 aromatic heterocycles. The van der Waals surface area contributed by atoms with Gasteiger partial charge in [-0.2, -0.15) is 0 Å². The molecule has 0 amide bonds. The SMILES string of the molecule is O[C@H]1CCc2cccc3c2[C@]1(O)c1ccccc1-3. The van der Waals surface area contributed by atoms with Gasteiger partial charge in [-0.05, 0) is 35.1 Å². The first kappa shape index (κ1) is 10.3. The van der Waals surface area contributed by atoms with Crippen LogP contribution in [0.15, 0.2) is 42.5 Å². The Morgan fingerprint density at radius 2 is 1.78 bits per heavy atom. The van der Waals surface area contributed by atoms with E-state index in [1.165, 1.54) is 0 Å². The van der Waals surface area contributed by atoms with Crippen molar-refractivity contribution in [1.29, 1.82) is 0 Å². The smallest absolute Gasteiger partial charge is 0.142 e. The Kier molecular flexibility index (Phi) is 1.84. The molecule has 0 radical (unpaired) electrons. The Morgan fingerprint density at radius 3 is 2.67 bits per heavy atom. The van der Waals surface area contributed by atoms with Gasteiger partial charge in [0.25, 0.3) is 0 Å². The fourth-order valence-corrected chi connectivity index (χ4v) is 3.52. The molecule has 0 bridgehead atoms. The van der Waals surface area contributed by atoms with E-state index in [0.29, 0.717) is 6.42 Å². The molecule has 0 saturated heterocycles. The normalized spacial score (nSPS) is 27.8. The number of benzene rings is 2. The van der Waals surface area contributed by atoms with Crippen LogP contribution in [0, 0.1) is 0 Å². The van der Waals surface area contributed by atoms with Gasteiger partial charge in [0, 0.05) is 5.56 Å². The molecular formula is C16H14O2. The molecule has 2 heteroatoms. The van der Waals surface area contributed by atoms with Gasteiger partial charge in [0.05, 0.1) is 6.10 Å². The third-order valence-electron chi connectivity index (χ3n) is 4.33. The molecule has 0 unspecified atom stereocenters. The Labute approximate surface area is 106 Å². The van der Waals surface area contributed by atoms with E-state index in [4.69, 9.17) is 0 Å². The molecule has 2 N–H and O–H groups in total. The lowest BCUT2D eigenvalue weighted by Gasteiger charge is -2.36. The first-order valence-corrected chi connectivity index (χ1v) is 6.35. The van der Waals surface area contributed by atoms with Crippen molar-refractivity contribution in [3.05, 3.63) is 59.2 Å². The molecule has 4 rings (SSSR count). The molecule has 0 spiro atoms. The number of aryl methyl sites for hydroxylation is 1. The highest BCUT2D eigenvalue weighted by Crippen LogP contribution is 2.53. The molecule has 2 aromatic rings. The third-order valence-corrected chi connectivity index (χ3v) is 4.33. The second-order valence-corrected chi connectivity index (χ2v) is 5.21. The number of fused-ring (bicyclic) bond motifs is 3. The molecule has 90 valence electrons. The van der Waals surface area contributed by atoms with Gasteiger partial charge in [-0.25, -0.2) is 0 Å². The number of aliphatic hydroxyl groups excluding tert-OH is 1. The maximum atomic E-state index is 11.1. The predicted molar refractivity (Wildman–Crippen MR) is 69.2 cm³/mol. The van der Waals surface area contributed by atoms with Gasteiger partial charge in [-0.3, -0.25) is 0 Å². The van der Waals surface area contributed by atoms with Crippen molar-refractivity contribution < 1.29 is 10.2 Å². The van der Waals surface area contributed by atoms with Crippen LogP contribution in [-0.4, -0.2) is 16.3 Å². The van der Waals surface area contributed by atoms with E-state index in [1.807, 2.05) is 36.4 Å². The zero-order chi connectivity index (χ0) is 12.3. The Bertz CT molecular complexity index is 647. The average molecular weight is 238 g/mol. The van der Waals surface area contributed by atoms with Crippen LogP contribution in [0.4, 0.5) is 0 Å². The summed E-state index contributed by atoms with van der Waals surface area (Å²) in [6.45, 7) is 0. The Morgan fingerprint density at radius 1 is 1.00 bits per heavy atom. The summed E-state index contributed by atoms with van der Waals surface area (Å²) in [5.41, 5.74) is 3.85. The lowest BCUT2D eigenvalue weighted by molar-refractivity contribution is -0.0566. The van der Waals surface area contributed by atoms with Crippen LogP contribution in [-0.2, 0) is 12.0 Å². The average Bonchev–Trinajstić information content (AvgIpc) is 2.68. The van der Waals surface area contributed by atoms with Gasteiger partial charge < -0.3 is 10.2 Å². The van der Waals surface area contributed by atoms with Crippen LogP contribution in [0.1, 0.15) is 23.1 Å². The molecule has 2 aliphatic rings. The first-order valence-electron chi connectivity index (χ1n) is 6.35. The number of hydrogen-bond donors (Lipinski definition) is 2. The van der Waals surface area contributed by atoms with Gasteiger partial charge >= 0.3 is 0 Å². The fourth-order valence-electron chi connectivity index (χ4n) is 3.52. The zero-order valence-electron chi connectivity index (χ0n) is 9.93. The second kappa shape index (κ2) is 3.22. The minimum absolute atomic E-state index is 0.612. The molecule has 0 fully saturated rings. The summed E-state index contributed by atoms with van der Waals surface area (Å²) in [5, 5.41) is 21.4. The van der Waals surface area contributed by atoms with Crippen molar-refractivity contribution in [1.82, 2.24) is 0 Å². The molecular weight excluding hydrogens is 224 g/mol. The highest BCUT2D eigenvalue weighted by Gasteiger charge is 2.50. The molecule has 2 nitrogen and oxygen atoms in total. The van der Waals surface area contributed by atoms with Gasteiger partial charge in [0.2, 0.25) is 0 Å². The molecule has 2 aliphatic carbocycles. The summed E-state index contributed by atoms with van der Waals surface area (Å²) in [7, 11) is 0. The van der Waals surface area contributed by atoms with E-state index in [1.54, 1.807) is 0 Å². The predicted octanol–water partition coefficient (Wildman–Crippen LogP) is 2.21. The van der Waals surface area contributed by atoms with Crippen LogP contribution in [0.2, 0.25) is 0 Å². The zero-order valence-corrected chi connectivity index (χ0v) is 9.93. The van der Waals surface area contributed by atoms with Crippen molar-refractivity contribution in [2.75, 3.05) is 0 Å². The van der Waals surface area contributed by atoms with Crippen molar-refractivity contribution in [2.24, 2.45) is 0 Å². The highest BCUT2D eigenvalue weighted by molar-refractivity contribution is 5.82. The van der Waals surface area contributed by atoms with Gasteiger partial charge in [0.1, 0.15) is 5.60 Å². The Balaban J connectivity index is 2.16. The van der Waals surface area contributed by atoms with Crippen LogP contribution >= 0.6 is 0 Å². The van der Waals surface area contributed by atoms with Gasteiger partial charge in [-0.15, -0.1) is 0 Å². The lowest BCUT2D eigenvalue weighted by atomic mass is 9.76. The fraction of sp³-hybridized carbons (Fsp3) is 0.250. The number of hydrogen-bond acceptors (Lipinski definition) is 2. The molecule has 0 aliphatic heterocycles. The largest absolute Gasteiger partial charge is 0.389 e. The van der Waals surface area contributed by atoms with E-state index >= 15 is 0 Å². The molecule has 18 heavy (non-hydrogen) atoms. The van der Waals surface area contributed by atoms with E-state index < -0.39 is 11.7 Å². The summed E-state index contributed by atoms with van der Waals surface area (Å²) < 4.78 is 0. The van der Waals surface area contributed by atoms with Crippen LogP contribution in [0.3, 0.4) is 0 Å². The van der Waals surface area contributed by atoms with E-state index in [0.717, 1.165) is 34.2 Å². The molecule has 2 aromatic carbocycles. The quantitative estimate of drug-likeness (QED) is 0.738. The topological polar surface area (TPSA) is 40.5 Å². The van der Waals surface area contributed by atoms with Crippen molar-refractivity contribution in [3.8, 4) is 11.1 Å². The van der Waals surface area contributed by atoms with E-state index in [2.05, 4.69) is 6.07 Å². The van der Waals surface area contributed by atoms with Crippen LogP contribution in [0.5, 0.6) is 0 Å². The standard InChI is InChI=1S/C16H14O2/c17-14-9-8-10-4-3-6-12-11-5-1-2-7-13(11)16(14,18)15(10)12/h1-7,14,17-18H,8-9H2/t14-,16-/m0/s1. The number of rotatable bonds is 0. The minimum Gasteiger partial charge on any atom is -0.389 e. The van der Waals surface area contributed by atoms with Gasteiger partial charge in [-0.1, -0.05) is 42.5 Å². The highest BCUT2D eigenvalue weighted by atomic mass is 16.3. The summed E-state index contributed by atoms with van der Waals surface area (Å²) in [5.74, 6) is 0. The monoisotopic (exact) mass is 238 g/mol. The maximum Gasteiger partial charge on any atom is 0.142 e. The Hall–Kier alpha value is -1.64. The lowest BCUT2D eigenvalue weighted by Crippen LogP contribution is -2.42. The summed E-state index contributed by atoms with van der Waals surface area (Å²) in [6, 6.07) is 14.0. The van der Waals surface area contributed by atoms with E-state index in [9.17, 15) is 10.2 Å². The summed E-state index contributed by atoms with van der Waals surface area (Å²) in [6.07, 6.45) is 0.733. The van der Waals surface area contributed by atoms with Crippen molar-refractivity contribution in [3.63, 3.8) is 0 Å². The maximum absolute atomic E-state index is 11.1. The van der Waals surface area contributed by atoms with Crippen LogP contribution < -0.4 is 0 Å².